The van der Waals surface area contributed by atoms with Crippen LogP contribution < -0.4 is 5.32 Å². The third-order valence-electron chi connectivity index (χ3n) is 2.22. The topological polar surface area (TPSA) is 45.0 Å². The third-order valence-corrected chi connectivity index (χ3v) is 2.22. The normalized spacial score (nSPS) is 11.9. The summed E-state index contributed by atoms with van der Waals surface area (Å²) in [6.07, 6.45) is 0. The molecule has 0 spiro atoms. The van der Waals surface area contributed by atoms with Crippen LogP contribution in [-0.2, 0) is 4.74 Å². The van der Waals surface area contributed by atoms with Gasteiger partial charge in [-0.1, -0.05) is 13.0 Å². The van der Waals surface area contributed by atoms with Crippen LogP contribution in [0.25, 0.3) is 0 Å². The minimum atomic E-state index is -0.494. The van der Waals surface area contributed by atoms with E-state index in [4.69, 9.17) is 10.00 Å². The Kier molecular flexibility index (Phi) is 4.74. The van der Waals surface area contributed by atoms with Gasteiger partial charge in [0.2, 0.25) is 0 Å². The van der Waals surface area contributed by atoms with Crippen molar-refractivity contribution >= 4 is 5.69 Å². The molecule has 0 aliphatic heterocycles. The second-order valence-corrected chi connectivity index (χ2v) is 3.72. The molecule has 0 radical (unpaired) electrons. The van der Waals surface area contributed by atoms with E-state index in [1.165, 1.54) is 6.07 Å². The molecule has 0 saturated heterocycles. The molecule has 3 nitrogen and oxygen atoms in total. The van der Waals surface area contributed by atoms with Gasteiger partial charge in [-0.3, -0.25) is 0 Å². The average Bonchev–Trinajstić information content (AvgIpc) is 2.27. The van der Waals surface area contributed by atoms with Gasteiger partial charge in [0, 0.05) is 13.7 Å². The van der Waals surface area contributed by atoms with E-state index in [0.717, 1.165) is 0 Å². The van der Waals surface area contributed by atoms with Crippen LogP contribution in [0.1, 0.15) is 12.5 Å². The van der Waals surface area contributed by atoms with Crippen molar-refractivity contribution in [3.63, 3.8) is 0 Å². The lowest BCUT2D eigenvalue weighted by Crippen LogP contribution is -2.16. The molecule has 1 N–H and O–H groups in total. The molecule has 1 aromatic rings. The monoisotopic (exact) mass is 222 g/mol. The van der Waals surface area contributed by atoms with Crippen molar-refractivity contribution < 1.29 is 9.13 Å². The number of methoxy groups -OCH3 is 1. The van der Waals surface area contributed by atoms with Gasteiger partial charge in [0.1, 0.15) is 17.4 Å². The molecular weight excluding hydrogens is 207 g/mol. The maximum Gasteiger partial charge on any atom is 0.143 e. The summed E-state index contributed by atoms with van der Waals surface area (Å²) in [5, 5.41) is 11.9. The maximum atomic E-state index is 13.2. The molecule has 16 heavy (non-hydrogen) atoms. The second-order valence-electron chi connectivity index (χ2n) is 3.72. The zero-order valence-electron chi connectivity index (χ0n) is 9.46. The molecule has 0 aliphatic carbocycles. The number of anilines is 1. The molecule has 4 heteroatoms. The highest BCUT2D eigenvalue weighted by molar-refractivity contribution is 5.57. The number of ether oxygens (including phenoxy) is 1. The number of hydrogen-bond donors (Lipinski definition) is 1. The van der Waals surface area contributed by atoms with Crippen molar-refractivity contribution in [1.29, 1.82) is 5.26 Å². The molecular formula is C12H15FN2O. The van der Waals surface area contributed by atoms with Crippen LogP contribution in [0.3, 0.4) is 0 Å². The first-order valence-corrected chi connectivity index (χ1v) is 5.10. The van der Waals surface area contributed by atoms with Crippen molar-refractivity contribution in [3.05, 3.63) is 29.6 Å². The highest BCUT2D eigenvalue weighted by atomic mass is 19.1. The third kappa shape index (κ3) is 3.21. The van der Waals surface area contributed by atoms with E-state index in [9.17, 15) is 4.39 Å². The van der Waals surface area contributed by atoms with Crippen molar-refractivity contribution in [2.75, 3.05) is 25.6 Å². The fraction of sp³-hybridized carbons (Fsp3) is 0.417. The number of benzene rings is 1. The maximum absolute atomic E-state index is 13.2. The van der Waals surface area contributed by atoms with Crippen molar-refractivity contribution in [1.82, 2.24) is 0 Å². The summed E-state index contributed by atoms with van der Waals surface area (Å²) in [5.74, 6) is -0.188. The molecule has 1 unspecified atom stereocenters. The molecule has 0 bridgehead atoms. The molecule has 1 rings (SSSR count). The zero-order valence-corrected chi connectivity index (χ0v) is 9.46. The van der Waals surface area contributed by atoms with Gasteiger partial charge in [0.15, 0.2) is 0 Å². The van der Waals surface area contributed by atoms with E-state index in [0.29, 0.717) is 24.8 Å². The molecule has 0 amide bonds. The standard InChI is InChI=1S/C12H15FN2O/c1-9(8-16-2)7-15-12-5-3-4-11(13)10(12)6-14/h3-5,9,15H,7-8H2,1-2H3. The van der Waals surface area contributed by atoms with Gasteiger partial charge in [-0.05, 0) is 18.1 Å². The summed E-state index contributed by atoms with van der Waals surface area (Å²) in [7, 11) is 1.64. The number of nitrogens with zero attached hydrogens (tertiary/aromatic N) is 1. The first kappa shape index (κ1) is 12.5. The van der Waals surface area contributed by atoms with Crippen LogP contribution in [-0.4, -0.2) is 20.3 Å². The Morgan fingerprint density at radius 1 is 1.56 bits per heavy atom. The largest absolute Gasteiger partial charge is 0.384 e. The summed E-state index contributed by atoms with van der Waals surface area (Å²) < 4.78 is 18.2. The fourth-order valence-corrected chi connectivity index (χ4v) is 1.41. The van der Waals surface area contributed by atoms with Crippen LogP contribution >= 0.6 is 0 Å². The first-order chi connectivity index (χ1) is 7.69. The molecule has 0 heterocycles. The molecule has 0 fully saturated rings. The number of rotatable bonds is 5. The van der Waals surface area contributed by atoms with Gasteiger partial charge < -0.3 is 10.1 Å². The summed E-state index contributed by atoms with van der Waals surface area (Å²) in [6, 6.07) is 6.41. The predicted octanol–water partition coefficient (Wildman–Crippen LogP) is 2.39. The van der Waals surface area contributed by atoms with Crippen LogP contribution in [0, 0.1) is 23.1 Å². The summed E-state index contributed by atoms with van der Waals surface area (Å²) in [4.78, 5) is 0. The Balaban J connectivity index is 2.67. The lowest BCUT2D eigenvalue weighted by atomic mass is 10.1. The van der Waals surface area contributed by atoms with Crippen LogP contribution in [0.2, 0.25) is 0 Å². The minimum absolute atomic E-state index is 0.0621. The molecule has 0 aliphatic rings. The van der Waals surface area contributed by atoms with Crippen LogP contribution in [0.5, 0.6) is 0 Å². The van der Waals surface area contributed by atoms with Crippen LogP contribution in [0.4, 0.5) is 10.1 Å². The number of nitriles is 1. The number of nitrogens with one attached hydrogen (secondary N) is 1. The smallest absolute Gasteiger partial charge is 0.143 e. The highest BCUT2D eigenvalue weighted by Crippen LogP contribution is 2.17. The number of halogens is 1. The average molecular weight is 222 g/mol. The van der Waals surface area contributed by atoms with E-state index >= 15 is 0 Å². The van der Waals surface area contributed by atoms with Crippen molar-refractivity contribution in [2.24, 2.45) is 5.92 Å². The highest BCUT2D eigenvalue weighted by Gasteiger charge is 2.08. The summed E-state index contributed by atoms with van der Waals surface area (Å²) in [5.41, 5.74) is 0.595. The van der Waals surface area contributed by atoms with Gasteiger partial charge in [0.05, 0.1) is 12.3 Å². The Morgan fingerprint density at radius 2 is 2.31 bits per heavy atom. The van der Waals surface area contributed by atoms with E-state index in [-0.39, 0.29) is 5.56 Å². The predicted molar refractivity (Wildman–Crippen MR) is 60.6 cm³/mol. The first-order valence-electron chi connectivity index (χ1n) is 5.10. The van der Waals surface area contributed by atoms with Gasteiger partial charge in [0.25, 0.3) is 0 Å². The fourth-order valence-electron chi connectivity index (χ4n) is 1.41. The quantitative estimate of drug-likeness (QED) is 0.832. The van der Waals surface area contributed by atoms with Gasteiger partial charge in [-0.15, -0.1) is 0 Å². The lowest BCUT2D eigenvalue weighted by molar-refractivity contribution is 0.164. The van der Waals surface area contributed by atoms with E-state index in [1.54, 1.807) is 19.2 Å². The molecule has 0 saturated carbocycles. The lowest BCUT2D eigenvalue weighted by Gasteiger charge is -2.13. The minimum Gasteiger partial charge on any atom is -0.384 e. The molecule has 0 aromatic heterocycles. The van der Waals surface area contributed by atoms with E-state index < -0.39 is 5.82 Å². The van der Waals surface area contributed by atoms with E-state index in [1.807, 2.05) is 13.0 Å². The number of hydrogen-bond acceptors (Lipinski definition) is 3. The second kappa shape index (κ2) is 6.09. The van der Waals surface area contributed by atoms with Gasteiger partial charge >= 0.3 is 0 Å². The SMILES string of the molecule is COCC(C)CNc1cccc(F)c1C#N. The molecule has 86 valence electrons. The zero-order chi connectivity index (χ0) is 12.0. The molecule has 1 atom stereocenters. The Bertz CT molecular complexity index is 387. The summed E-state index contributed by atoms with van der Waals surface area (Å²) >= 11 is 0. The van der Waals surface area contributed by atoms with Gasteiger partial charge in [-0.25, -0.2) is 4.39 Å². The Hall–Kier alpha value is -1.60. The van der Waals surface area contributed by atoms with Crippen molar-refractivity contribution in [2.45, 2.75) is 6.92 Å². The van der Waals surface area contributed by atoms with Crippen molar-refractivity contribution in [3.8, 4) is 6.07 Å². The Morgan fingerprint density at radius 3 is 2.94 bits per heavy atom. The molecule has 1 aromatic carbocycles. The van der Waals surface area contributed by atoms with E-state index in [2.05, 4.69) is 5.32 Å². The Labute approximate surface area is 94.8 Å². The van der Waals surface area contributed by atoms with Gasteiger partial charge in [-0.2, -0.15) is 5.26 Å². The van der Waals surface area contributed by atoms with Crippen LogP contribution in [0.15, 0.2) is 18.2 Å². The summed E-state index contributed by atoms with van der Waals surface area (Å²) in [6.45, 7) is 3.29.